The molecule has 0 bridgehead atoms. The number of nitriles is 1. The number of hydrogen-bond acceptors (Lipinski definition) is 2. The van der Waals surface area contributed by atoms with E-state index in [4.69, 9.17) is 0 Å². The van der Waals surface area contributed by atoms with Crippen molar-refractivity contribution >= 4 is 21.6 Å². The van der Waals surface area contributed by atoms with Gasteiger partial charge in [0, 0.05) is 4.47 Å². The minimum atomic E-state index is 0.236. The number of halogens is 1. The Balaban J connectivity index is 2.25. The van der Waals surface area contributed by atoms with Gasteiger partial charge < -0.3 is 5.32 Å². The van der Waals surface area contributed by atoms with Crippen LogP contribution in [0.1, 0.15) is 43.4 Å². The molecule has 2 nitrogen and oxygen atoms in total. The number of anilines is 1. The largest absolute Gasteiger partial charge is 0.377 e. The van der Waals surface area contributed by atoms with Crippen LogP contribution in [-0.4, -0.2) is 0 Å². The van der Waals surface area contributed by atoms with Crippen molar-refractivity contribution in [1.29, 1.82) is 5.26 Å². The average Bonchev–Trinajstić information content (AvgIpc) is 2.53. The first kappa shape index (κ1) is 15.6. The Morgan fingerprint density at radius 1 is 1.19 bits per heavy atom. The fourth-order valence-corrected chi connectivity index (χ4v) is 2.70. The molecule has 0 fully saturated rings. The van der Waals surface area contributed by atoms with Crippen LogP contribution in [0, 0.1) is 11.3 Å². The lowest BCUT2D eigenvalue weighted by molar-refractivity contribution is 0.634. The monoisotopic (exact) mass is 342 g/mol. The van der Waals surface area contributed by atoms with E-state index in [2.05, 4.69) is 58.5 Å². The molecule has 0 aliphatic rings. The smallest absolute Gasteiger partial charge is 0.101 e. The van der Waals surface area contributed by atoms with Gasteiger partial charge >= 0.3 is 0 Å². The molecule has 0 amide bonds. The van der Waals surface area contributed by atoms with E-state index in [0.29, 0.717) is 5.56 Å². The second-order valence-electron chi connectivity index (χ2n) is 5.05. The molecule has 0 heterocycles. The molecule has 0 aliphatic heterocycles. The van der Waals surface area contributed by atoms with E-state index in [1.54, 1.807) is 0 Å². The molecule has 0 aromatic heterocycles. The molecule has 2 rings (SSSR count). The van der Waals surface area contributed by atoms with Crippen molar-refractivity contribution < 1.29 is 0 Å². The molecule has 1 unspecified atom stereocenters. The predicted molar refractivity (Wildman–Crippen MR) is 91.2 cm³/mol. The van der Waals surface area contributed by atoms with Crippen molar-refractivity contribution in [3.05, 3.63) is 64.1 Å². The normalized spacial score (nSPS) is 11.7. The summed E-state index contributed by atoms with van der Waals surface area (Å²) in [7, 11) is 0. The third kappa shape index (κ3) is 4.34. The quantitative estimate of drug-likeness (QED) is 0.734. The van der Waals surface area contributed by atoms with Gasteiger partial charge in [-0.15, -0.1) is 0 Å². The molecular formula is C18H19BrN2. The van der Waals surface area contributed by atoms with Crippen LogP contribution in [0.4, 0.5) is 5.69 Å². The predicted octanol–water partition coefficient (Wildman–Crippen LogP) is 5.66. The Morgan fingerprint density at radius 3 is 2.62 bits per heavy atom. The maximum atomic E-state index is 9.29. The summed E-state index contributed by atoms with van der Waals surface area (Å²) in [6.07, 6.45) is 3.38. The zero-order chi connectivity index (χ0) is 15.1. The van der Waals surface area contributed by atoms with Crippen LogP contribution >= 0.6 is 15.9 Å². The lowest BCUT2D eigenvalue weighted by Gasteiger charge is -2.21. The van der Waals surface area contributed by atoms with Gasteiger partial charge in [0.25, 0.3) is 0 Å². The fourth-order valence-electron chi connectivity index (χ4n) is 2.34. The summed E-state index contributed by atoms with van der Waals surface area (Å²) >= 11 is 3.41. The fraction of sp³-hybridized carbons (Fsp3) is 0.278. The molecule has 0 saturated heterocycles. The topological polar surface area (TPSA) is 35.8 Å². The molecule has 0 aliphatic carbocycles. The van der Waals surface area contributed by atoms with Crippen LogP contribution in [0.25, 0.3) is 0 Å². The van der Waals surface area contributed by atoms with Crippen LogP contribution < -0.4 is 5.32 Å². The summed E-state index contributed by atoms with van der Waals surface area (Å²) in [5, 5.41) is 12.8. The third-order valence-electron chi connectivity index (χ3n) is 3.48. The Kier molecular flexibility index (Phi) is 5.83. The summed E-state index contributed by atoms with van der Waals surface area (Å²) in [5.41, 5.74) is 2.82. The van der Waals surface area contributed by atoms with Gasteiger partial charge in [0.15, 0.2) is 0 Å². The number of hydrogen-bond donors (Lipinski definition) is 1. The Morgan fingerprint density at radius 2 is 1.95 bits per heavy atom. The molecule has 2 aromatic carbocycles. The van der Waals surface area contributed by atoms with Crippen LogP contribution in [0.5, 0.6) is 0 Å². The highest BCUT2D eigenvalue weighted by atomic mass is 79.9. The highest BCUT2D eigenvalue weighted by molar-refractivity contribution is 9.10. The van der Waals surface area contributed by atoms with E-state index in [9.17, 15) is 5.26 Å². The Labute approximate surface area is 134 Å². The first-order chi connectivity index (χ1) is 10.2. The SMILES string of the molecule is CCCCC(Nc1ccc(Br)cc1C#N)c1ccccc1. The molecule has 0 spiro atoms. The Hall–Kier alpha value is -1.79. The first-order valence-corrected chi connectivity index (χ1v) is 8.05. The van der Waals surface area contributed by atoms with Crippen molar-refractivity contribution in [2.45, 2.75) is 32.2 Å². The van der Waals surface area contributed by atoms with Crippen molar-refractivity contribution in [3.8, 4) is 6.07 Å². The molecular weight excluding hydrogens is 324 g/mol. The van der Waals surface area contributed by atoms with Gasteiger partial charge in [-0.3, -0.25) is 0 Å². The second-order valence-corrected chi connectivity index (χ2v) is 5.97. The van der Waals surface area contributed by atoms with E-state index in [-0.39, 0.29) is 6.04 Å². The molecule has 21 heavy (non-hydrogen) atoms. The van der Waals surface area contributed by atoms with E-state index < -0.39 is 0 Å². The number of rotatable bonds is 6. The van der Waals surface area contributed by atoms with Gasteiger partial charge in [-0.1, -0.05) is 66.0 Å². The molecule has 2 aromatic rings. The highest BCUT2D eigenvalue weighted by Gasteiger charge is 2.12. The minimum Gasteiger partial charge on any atom is -0.377 e. The number of unbranched alkanes of at least 4 members (excludes halogenated alkanes) is 1. The van der Waals surface area contributed by atoms with Gasteiger partial charge in [0.1, 0.15) is 6.07 Å². The van der Waals surface area contributed by atoms with Crippen molar-refractivity contribution in [3.63, 3.8) is 0 Å². The second kappa shape index (κ2) is 7.85. The number of benzene rings is 2. The lowest BCUT2D eigenvalue weighted by Crippen LogP contribution is -2.11. The maximum absolute atomic E-state index is 9.29. The van der Waals surface area contributed by atoms with E-state index in [0.717, 1.165) is 29.4 Å². The van der Waals surface area contributed by atoms with E-state index >= 15 is 0 Å². The molecule has 0 saturated carbocycles. The molecule has 108 valence electrons. The molecule has 3 heteroatoms. The van der Waals surface area contributed by atoms with Crippen molar-refractivity contribution in [2.24, 2.45) is 0 Å². The maximum Gasteiger partial charge on any atom is 0.101 e. The molecule has 1 N–H and O–H groups in total. The first-order valence-electron chi connectivity index (χ1n) is 7.25. The zero-order valence-electron chi connectivity index (χ0n) is 12.1. The van der Waals surface area contributed by atoms with Crippen LogP contribution in [-0.2, 0) is 0 Å². The average molecular weight is 343 g/mol. The van der Waals surface area contributed by atoms with Gasteiger partial charge in [0.2, 0.25) is 0 Å². The summed E-state index contributed by atoms with van der Waals surface area (Å²) in [6.45, 7) is 2.20. The zero-order valence-corrected chi connectivity index (χ0v) is 13.7. The van der Waals surface area contributed by atoms with Gasteiger partial charge in [-0.2, -0.15) is 5.26 Å². The van der Waals surface area contributed by atoms with E-state index in [1.165, 1.54) is 5.56 Å². The standard InChI is InChI=1S/C18H19BrN2/c1-2-3-9-17(14-7-5-4-6-8-14)21-18-11-10-16(19)12-15(18)13-20/h4-8,10-12,17,21H,2-3,9H2,1H3. The van der Waals surface area contributed by atoms with Crippen LogP contribution in [0.3, 0.4) is 0 Å². The number of nitrogens with zero attached hydrogens (tertiary/aromatic N) is 1. The van der Waals surface area contributed by atoms with Gasteiger partial charge in [-0.25, -0.2) is 0 Å². The summed E-state index contributed by atoms with van der Waals surface area (Å²) in [5.74, 6) is 0. The summed E-state index contributed by atoms with van der Waals surface area (Å²) in [6, 6.07) is 18.7. The number of nitrogens with one attached hydrogen (secondary N) is 1. The van der Waals surface area contributed by atoms with Crippen LogP contribution in [0.2, 0.25) is 0 Å². The third-order valence-corrected chi connectivity index (χ3v) is 3.97. The lowest BCUT2D eigenvalue weighted by atomic mass is 10.0. The van der Waals surface area contributed by atoms with Crippen LogP contribution in [0.15, 0.2) is 53.0 Å². The summed E-state index contributed by atoms with van der Waals surface area (Å²) in [4.78, 5) is 0. The Bertz CT molecular complexity index is 617. The minimum absolute atomic E-state index is 0.236. The van der Waals surface area contributed by atoms with E-state index in [1.807, 2.05) is 24.3 Å². The van der Waals surface area contributed by atoms with Gasteiger partial charge in [-0.05, 0) is 30.2 Å². The summed E-state index contributed by atoms with van der Waals surface area (Å²) < 4.78 is 0.925. The highest BCUT2D eigenvalue weighted by Crippen LogP contribution is 2.28. The van der Waals surface area contributed by atoms with Crippen molar-refractivity contribution in [1.82, 2.24) is 0 Å². The van der Waals surface area contributed by atoms with Crippen molar-refractivity contribution in [2.75, 3.05) is 5.32 Å². The molecule has 1 atom stereocenters. The van der Waals surface area contributed by atoms with Gasteiger partial charge in [0.05, 0.1) is 17.3 Å². The molecule has 0 radical (unpaired) electrons.